The zero-order valence-electron chi connectivity index (χ0n) is 12.1. The number of ether oxygens (including phenoxy) is 1. The highest BCUT2D eigenvalue weighted by Gasteiger charge is 2.15. The smallest absolute Gasteiger partial charge is 0.328 e. The van der Waals surface area contributed by atoms with Gasteiger partial charge in [-0.3, -0.25) is 4.90 Å². The second-order valence-corrected chi connectivity index (χ2v) is 5.30. The van der Waals surface area contributed by atoms with Crippen LogP contribution in [0.5, 0.6) is 0 Å². The lowest BCUT2D eigenvalue weighted by Gasteiger charge is -2.22. The Hall–Kier alpha value is -1.72. The van der Waals surface area contributed by atoms with Crippen LogP contribution in [0, 0.1) is 5.82 Å². The van der Waals surface area contributed by atoms with Crippen LogP contribution < -0.4 is 0 Å². The lowest BCUT2D eigenvalue weighted by molar-refractivity contribution is -0.131. The van der Waals surface area contributed by atoms with Gasteiger partial charge in [0.05, 0.1) is 6.10 Å². The van der Waals surface area contributed by atoms with Gasteiger partial charge in [-0.25, -0.2) is 9.18 Å². The van der Waals surface area contributed by atoms with Crippen LogP contribution in [0.2, 0.25) is 0 Å². The largest absolute Gasteiger partial charge is 0.478 e. The molecule has 114 valence electrons. The van der Waals surface area contributed by atoms with Gasteiger partial charge in [0.25, 0.3) is 0 Å². The predicted octanol–water partition coefficient (Wildman–Crippen LogP) is 2.53. The number of carboxylic acid groups (broad SMARTS) is 1. The summed E-state index contributed by atoms with van der Waals surface area (Å²) >= 11 is 0. The molecule has 0 amide bonds. The van der Waals surface area contributed by atoms with E-state index < -0.39 is 11.8 Å². The van der Waals surface area contributed by atoms with Gasteiger partial charge >= 0.3 is 5.97 Å². The maximum Gasteiger partial charge on any atom is 0.328 e. The predicted molar refractivity (Wildman–Crippen MR) is 78.4 cm³/mol. The fourth-order valence-corrected chi connectivity index (χ4v) is 2.46. The SMILES string of the molecule is CC1CN(Cc2ccc(F)c(C=CC(=O)O)c2)CCCO1. The number of carbonyl (C=O) groups is 1. The van der Waals surface area contributed by atoms with Crippen LogP contribution in [0.15, 0.2) is 24.3 Å². The van der Waals surface area contributed by atoms with Crippen LogP contribution in [-0.4, -0.2) is 41.8 Å². The Labute approximate surface area is 123 Å². The van der Waals surface area contributed by atoms with Crippen molar-refractivity contribution < 1.29 is 19.0 Å². The summed E-state index contributed by atoms with van der Waals surface area (Å²) < 4.78 is 19.2. The Morgan fingerprint density at radius 3 is 3.14 bits per heavy atom. The van der Waals surface area contributed by atoms with E-state index in [0.29, 0.717) is 12.1 Å². The van der Waals surface area contributed by atoms with Gasteiger partial charge in [-0.05, 0) is 37.1 Å². The van der Waals surface area contributed by atoms with E-state index in [9.17, 15) is 9.18 Å². The molecule has 1 N–H and O–H groups in total. The van der Waals surface area contributed by atoms with Crippen molar-refractivity contribution in [2.75, 3.05) is 19.7 Å². The molecule has 1 heterocycles. The molecule has 1 fully saturated rings. The molecule has 5 heteroatoms. The van der Waals surface area contributed by atoms with Crippen molar-refractivity contribution in [3.63, 3.8) is 0 Å². The number of hydrogen-bond donors (Lipinski definition) is 1. The fourth-order valence-electron chi connectivity index (χ4n) is 2.46. The van der Waals surface area contributed by atoms with Crippen LogP contribution in [0.1, 0.15) is 24.5 Å². The van der Waals surface area contributed by atoms with E-state index >= 15 is 0 Å². The van der Waals surface area contributed by atoms with Gasteiger partial charge in [-0.2, -0.15) is 0 Å². The number of carboxylic acids is 1. The number of hydrogen-bond acceptors (Lipinski definition) is 3. The topological polar surface area (TPSA) is 49.8 Å². The lowest BCUT2D eigenvalue weighted by Crippen LogP contribution is -2.29. The molecular weight excluding hydrogens is 273 g/mol. The maximum absolute atomic E-state index is 13.6. The van der Waals surface area contributed by atoms with Gasteiger partial charge in [0, 0.05) is 37.9 Å². The number of benzene rings is 1. The van der Waals surface area contributed by atoms with E-state index in [1.807, 2.05) is 6.92 Å². The molecule has 0 spiro atoms. The molecule has 0 radical (unpaired) electrons. The minimum absolute atomic E-state index is 0.194. The second-order valence-electron chi connectivity index (χ2n) is 5.30. The van der Waals surface area contributed by atoms with Crippen molar-refractivity contribution in [2.24, 2.45) is 0 Å². The average Bonchev–Trinajstić information content (AvgIpc) is 2.63. The molecule has 1 atom stereocenters. The first kappa shape index (κ1) is 15.7. The van der Waals surface area contributed by atoms with Crippen LogP contribution in [0.3, 0.4) is 0 Å². The van der Waals surface area contributed by atoms with Crippen LogP contribution >= 0.6 is 0 Å². The van der Waals surface area contributed by atoms with Crippen molar-refractivity contribution >= 4 is 12.0 Å². The van der Waals surface area contributed by atoms with Crippen molar-refractivity contribution in [3.8, 4) is 0 Å². The summed E-state index contributed by atoms with van der Waals surface area (Å²) in [6.45, 7) is 5.32. The first-order valence-corrected chi connectivity index (χ1v) is 7.08. The highest BCUT2D eigenvalue weighted by Crippen LogP contribution is 2.16. The third kappa shape index (κ3) is 4.95. The summed E-state index contributed by atoms with van der Waals surface area (Å²) in [7, 11) is 0. The first-order chi connectivity index (χ1) is 10.0. The molecule has 2 rings (SSSR count). The number of rotatable bonds is 4. The van der Waals surface area contributed by atoms with Crippen molar-refractivity contribution in [2.45, 2.75) is 26.0 Å². The Kier molecular flexibility index (Phi) is 5.47. The zero-order valence-corrected chi connectivity index (χ0v) is 12.1. The van der Waals surface area contributed by atoms with Crippen molar-refractivity contribution in [1.29, 1.82) is 0 Å². The zero-order chi connectivity index (χ0) is 15.2. The van der Waals surface area contributed by atoms with Crippen molar-refractivity contribution in [1.82, 2.24) is 4.90 Å². The molecular formula is C16H20FNO3. The molecule has 1 aromatic rings. The summed E-state index contributed by atoms with van der Waals surface area (Å²) in [5.74, 6) is -1.50. The maximum atomic E-state index is 13.6. The molecule has 0 saturated carbocycles. The van der Waals surface area contributed by atoms with E-state index in [4.69, 9.17) is 9.84 Å². The third-order valence-corrected chi connectivity index (χ3v) is 3.41. The number of halogens is 1. The molecule has 4 nitrogen and oxygen atoms in total. The van der Waals surface area contributed by atoms with Gasteiger partial charge in [0.15, 0.2) is 0 Å². The summed E-state index contributed by atoms with van der Waals surface area (Å²) in [5.41, 5.74) is 1.27. The third-order valence-electron chi connectivity index (χ3n) is 3.41. The Morgan fingerprint density at radius 2 is 2.38 bits per heavy atom. The summed E-state index contributed by atoms with van der Waals surface area (Å²) in [6, 6.07) is 4.82. The van der Waals surface area contributed by atoms with Gasteiger partial charge in [0.2, 0.25) is 0 Å². The standard InChI is InChI=1S/C16H20FNO3/c1-12-10-18(7-2-8-21-12)11-13-3-5-15(17)14(9-13)4-6-16(19)20/h3-6,9,12H,2,7-8,10-11H2,1H3,(H,19,20). The van der Waals surface area contributed by atoms with Gasteiger partial charge in [0.1, 0.15) is 5.82 Å². The Balaban J connectivity index is 2.09. The molecule has 1 aliphatic rings. The normalized spacial score (nSPS) is 20.6. The minimum Gasteiger partial charge on any atom is -0.478 e. The fraction of sp³-hybridized carbons (Fsp3) is 0.438. The van der Waals surface area contributed by atoms with Gasteiger partial charge < -0.3 is 9.84 Å². The first-order valence-electron chi connectivity index (χ1n) is 7.08. The molecule has 0 bridgehead atoms. The van der Waals surface area contributed by atoms with E-state index in [1.54, 1.807) is 12.1 Å². The van der Waals surface area contributed by atoms with Crippen LogP contribution in [-0.2, 0) is 16.1 Å². The minimum atomic E-state index is -1.08. The van der Waals surface area contributed by atoms with Crippen molar-refractivity contribution in [3.05, 3.63) is 41.2 Å². The molecule has 1 saturated heterocycles. The molecule has 1 aromatic carbocycles. The molecule has 1 aliphatic heterocycles. The van der Waals surface area contributed by atoms with Gasteiger partial charge in [-0.1, -0.05) is 6.07 Å². The van der Waals surface area contributed by atoms with E-state index in [0.717, 1.165) is 37.8 Å². The van der Waals surface area contributed by atoms with Crippen LogP contribution in [0.25, 0.3) is 6.08 Å². The quantitative estimate of drug-likeness (QED) is 0.867. The van der Waals surface area contributed by atoms with Crippen LogP contribution in [0.4, 0.5) is 4.39 Å². The highest BCUT2D eigenvalue weighted by molar-refractivity contribution is 5.85. The second kappa shape index (κ2) is 7.33. The highest BCUT2D eigenvalue weighted by atomic mass is 19.1. The molecule has 1 unspecified atom stereocenters. The monoisotopic (exact) mass is 293 g/mol. The molecule has 0 aromatic heterocycles. The lowest BCUT2D eigenvalue weighted by atomic mass is 10.1. The van der Waals surface area contributed by atoms with E-state index in [2.05, 4.69) is 4.90 Å². The number of aliphatic carboxylic acids is 1. The summed E-state index contributed by atoms with van der Waals surface area (Å²) in [5, 5.41) is 8.63. The van der Waals surface area contributed by atoms with Gasteiger partial charge in [-0.15, -0.1) is 0 Å². The number of nitrogens with zero attached hydrogens (tertiary/aromatic N) is 1. The molecule has 21 heavy (non-hydrogen) atoms. The average molecular weight is 293 g/mol. The van der Waals surface area contributed by atoms with E-state index in [1.165, 1.54) is 12.1 Å². The Bertz CT molecular complexity index is 530. The Morgan fingerprint density at radius 1 is 1.57 bits per heavy atom. The van der Waals surface area contributed by atoms with E-state index in [-0.39, 0.29) is 6.10 Å². The summed E-state index contributed by atoms with van der Waals surface area (Å²) in [4.78, 5) is 12.8. The summed E-state index contributed by atoms with van der Waals surface area (Å²) in [6.07, 6.45) is 3.41. The molecule has 0 aliphatic carbocycles.